The minimum Gasteiger partial charge on any atom is -0.292 e. The first-order chi connectivity index (χ1) is 6.11. The van der Waals surface area contributed by atoms with Gasteiger partial charge in [0.05, 0.1) is 16.1 Å². The van der Waals surface area contributed by atoms with Gasteiger partial charge in [0.1, 0.15) is 0 Å². The molecule has 1 aromatic heterocycles. The van der Waals surface area contributed by atoms with Gasteiger partial charge in [-0.05, 0) is 6.92 Å². The Labute approximate surface area is 82.1 Å². The molecule has 0 aliphatic heterocycles. The molecule has 0 atom stereocenters. The van der Waals surface area contributed by atoms with Crippen molar-refractivity contribution in [2.45, 2.75) is 6.92 Å². The normalized spacial score (nSPS) is 9.38. The topological polar surface area (TPSA) is 86.9 Å². The molecule has 0 radical (unpaired) electrons. The molecule has 0 saturated carbocycles. The van der Waals surface area contributed by atoms with Crippen LogP contribution >= 0.6 is 16.1 Å². The van der Waals surface area contributed by atoms with Crippen molar-refractivity contribution in [1.29, 1.82) is 0 Å². The molecule has 0 spiro atoms. The van der Waals surface area contributed by atoms with E-state index in [0.717, 1.165) is 0 Å². The second-order valence-electron chi connectivity index (χ2n) is 2.28. The number of carbonyl (C=O) groups excluding carboxylic acids is 1. The van der Waals surface area contributed by atoms with Crippen molar-refractivity contribution in [2.24, 2.45) is 0 Å². The highest BCUT2D eigenvalue weighted by atomic mass is 79.9. The van der Waals surface area contributed by atoms with Crippen molar-refractivity contribution < 1.29 is 4.79 Å². The quantitative estimate of drug-likeness (QED) is 0.632. The summed E-state index contributed by atoms with van der Waals surface area (Å²) < 4.78 is 2.15. The first-order valence-electron chi connectivity index (χ1n) is 3.37. The van der Waals surface area contributed by atoms with Crippen molar-refractivity contribution in [2.75, 3.05) is 5.32 Å². The van der Waals surface area contributed by atoms with Crippen LogP contribution < -0.4 is 15.2 Å². The number of aryl methyl sites for hydroxylation is 1. The third-order valence-electron chi connectivity index (χ3n) is 1.19. The first-order valence-corrected chi connectivity index (χ1v) is 4.16. The molecule has 3 N–H and O–H groups in total. The van der Waals surface area contributed by atoms with Crippen LogP contribution in [0.1, 0.15) is 5.69 Å². The van der Waals surface area contributed by atoms with E-state index in [2.05, 4.69) is 35.8 Å². The van der Waals surface area contributed by atoms with Gasteiger partial charge in [-0.25, -0.2) is 9.78 Å². The smallest absolute Gasteiger partial charge is 0.292 e. The second kappa shape index (κ2) is 4.04. The van der Waals surface area contributed by atoms with E-state index in [1.54, 1.807) is 6.92 Å². The fourth-order valence-corrected chi connectivity index (χ4v) is 0.869. The molecule has 0 aliphatic rings. The molecule has 0 bridgehead atoms. The molecule has 1 rings (SSSR count). The third kappa shape index (κ3) is 2.86. The number of hydrogen-bond donors (Lipinski definition) is 3. The fraction of sp³-hybridized carbons (Fsp3) is 0.167. The number of H-pyrrole nitrogens is 1. The summed E-state index contributed by atoms with van der Waals surface area (Å²) in [6, 6.07) is 0.825. The minimum atomic E-state index is -0.506. The molecule has 1 aromatic rings. The van der Waals surface area contributed by atoms with Crippen LogP contribution in [0.5, 0.6) is 0 Å². The third-order valence-corrected chi connectivity index (χ3v) is 1.55. The Morgan fingerprint density at radius 1 is 1.69 bits per heavy atom. The SMILES string of the molecule is Cc1cc(=O)[nH]c(NC(=O)NBr)n1. The molecule has 2 amide bonds. The molecule has 13 heavy (non-hydrogen) atoms. The Bertz CT molecular complexity index is 375. The van der Waals surface area contributed by atoms with Gasteiger partial charge in [-0.1, -0.05) is 0 Å². The van der Waals surface area contributed by atoms with Crippen molar-refractivity contribution in [1.82, 2.24) is 14.3 Å². The molecule has 0 saturated heterocycles. The van der Waals surface area contributed by atoms with Gasteiger partial charge in [0.2, 0.25) is 5.95 Å². The molecule has 70 valence electrons. The lowest BCUT2D eigenvalue weighted by Crippen LogP contribution is -2.23. The van der Waals surface area contributed by atoms with Crippen molar-refractivity contribution in [3.8, 4) is 0 Å². The number of carbonyl (C=O) groups is 1. The summed E-state index contributed by atoms with van der Waals surface area (Å²) in [5.74, 6) is 0.113. The number of hydrogen-bond acceptors (Lipinski definition) is 3. The lowest BCUT2D eigenvalue weighted by atomic mass is 10.4. The molecular weight excluding hydrogens is 240 g/mol. The highest BCUT2D eigenvalue weighted by Gasteiger charge is 2.01. The van der Waals surface area contributed by atoms with Gasteiger partial charge in [0.25, 0.3) is 5.56 Å². The molecule has 1 heterocycles. The zero-order chi connectivity index (χ0) is 9.84. The van der Waals surface area contributed by atoms with Gasteiger partial charge >= 0.3 is 6.03 Å². The first kappa shape index (κ1) is 9.72. The van der Waals surface area contributed by atoms with Crippen LogP contribution in [-0.2, 0) is 0 Å². The lowest BCUT2D eigenvalue weighted by Gasteiger charge is -2.01. The molecule has 0 fully saturated rings. The maximum absolute atomic E-state index is 10.9. The number of nitrogens with zero attached hydrogens (tertiary/aromatic N) is 1. The Hall–Kier alpha value is -1.37. The van der Waals surface area contributed by atoms with Crippen LogP contribution in [0.15, 0.2) is 10.9 Å². The van der Waals surface area contributed by atoms with Gasteiger partial charge in [0, 0.05) is 11.8 Å². The zero-order valence-electron chi connectivity index (χ0n) is 6.72. The van der Waals surface area contributed by atoms with E-state index in [-0.39, 0.29) is 11.5 Å². The predicted molar refractivity (Wildman–Crippen MR) is 50.7 cm³/mol. The van der Waals surface area contributed by atoms with E-state index in [1.807, 2.05) is 0 Å². The van der Waals surface area contributed by atoms with Crippen molar-refractivity contribution in [3.63, 3.8) is 0 Å². The summed E-state index contributed by atoms with van der Waals surface area (Å²) in [5, 5.41) is 2.31. The Kier molecular flexibility index (Phi) is 3.02. The Morgan fingerprint density at radius 2 is 2.38 bits per heavy atom. The van der Waals surface area contributed by atoms with Crippen molar-refractivity contribution in [3.05, 3.63) is 22.1 Å². The van der Waals surface area contributed by atoms with Gasteiger partial charge in [0.15, 0.2) is 0 Å². The maximum Gasteiger partial charge on any atom is 0.331 e. The van der Waals surface area contributed by atoms with E-state index >= 15 is 0 Å². The highest BCUT2D eigenvalue weighted by molar-refractivity contribution is 9.08. The van der Waals surface area contributed by atoms with Crippen LogP contribution in [0.4, 0.5) is 10.7 Å². The largest absolute Gasteiger partial charge is 0.331 e. The molecule has 0 aliphatic carbocycles. The summed E-state index contributed by atoms with van der Waals surface area (Å²) in [5.41, 5.74) is 0.228. The number of anilines is 1. The number of aromatic amines is 1. The summed E-state index contributed by atoms with van der Waals surface area (Å²) in [4.78, 5) is 27.9. The summed E-state index contributed by atoms with van der Waals surface area (Å²) in [7, 11) is 0. The number of aromatic nitrogens is 2. The highest BCUT2D eigenvalue weighted by Crippen LogP contribution is 1.95. The summed E-state index contributed by atoms with van der Waals surface area (Å²) in [6.45, 7) is 1.66. The number of urea groups is 1. The zero-order valence-corrected chi connectivity index (χ0v) is 8.31. The average molecular weight is 247 g/mol. The molecule has 0 aromatic carbocycles. The monoisotopic (exact) mass is 246 g/mol. The second-order valence-corrected chi connectivity index (χ2v) is 2.68. The molecule has 7 heteroatoms. The fourth-order valence-electron chi connectivity index (χ4n) is 0.769. The van der Waals surface area contributed by atoms with Crippen LogP contribution in [0.25, 0.3) is 0 Å². The van der Waals surface area contributed by atoms with Crippen LogP contribution in [0.3, 0.4) is 0 Å². The number of rotatable bonds is 1. The van der Waals surface area contributed by atoms with E-state index < -0.39 is 6.03 Å². The standard InChI is InChI=1S/C6H7BrN4O2/c1-3-2-4(12)9-5(8-3)10-6(13)11-7/h2H,1H3,(H3,8,9,10,11,12,13). The Balaban J connectivity index is 2.89. The van der Waals surface area contributed by atoms with Gasteiger partial charge in [-0.2, -0.15) is 0 Å². The summed E-state index contributed by atoms with van der Waals surface area (Å²) in [6.07, 6.45) is 0. The number of nitrogens with one attached hydrogen (secondary N) is 3. The van der Waals surface area contributed by atoms with Crippen LogP contribution in [0.2, 0.25) is 0 Å². The van der Waals surface area contributed by atoms with E-state index in [9.17, 15) is 9.59 Å². The molecule has 0 unspecified atom stereocenters. The van der Waals surface area contributed by atoms with E-state index in [1.165, 1.54) is 6.07 Å². The maximum atomic E-state index is 10.9. The molecule has 6 nitrogen and oxygen atoms in total. The van der Waals surface area contributed by atoms with E-state index in [4.69, 9.17) is 0 Å². The lowest BCUT2D eigenvalue weighted by molar-refractivity contribution is 0.257. The number of halogens is 1. The van der Waals surface area contributed by atoms with E-state index in [0.29, 0.717) is 5.69 Å². The van der Waals surface area contributed by atoms with Crippen molar-refractivity contribution >= 4 is 28.1 Å². The predicted octanol–water partition coefficient (Wildman–Crippen LogP) is 0.510. The van der Waals surface area contributed by atoms with Crippen LogP contribution in [0, 0.1) is 6.92 Å². The van der Waals surface area contributed by atoms with Gasteiger partial charge < -0.3 is 0 Å². The van der Waals surface area contributed by atoms with Crippen LogP contribution in [-0.4, -0.2) is 16.0 Å². The molecular formula is C6H7BrN4O2. The summed E-state index contributed by atoms with van der Waals surface area (Å²) >= 11 is 2.73. The van der Waals surface area contributed by atoms with Gasteiger partial charge in [-0.3, -0.25) is 19.4 Å². The van der Waals surface area contributed by atoms with Gasteiger partial charge in [-0.15, -0.1) is 0 Å². The average Bonchev–Trinajstić information content (AvgIpc) is 2.02. The Morgan fingerprint density at radius 3 is 2.92 bits per heavy atom. The minimum absolute atomic E-state index is 0.113. The number of amides is 2.